The van der Waals surface area contributed by atoms with Crippen LogP contribution in [-0.2, 0) is 4.74 Å². The Morgan fingerprint density at radius 1 is 1.12 bits per heavy atom. The van der Waals surface area contributed by atoms with Crippen LogP contribution in [0.3, 0.4) is 0 Å². The minimum atomic E-state index is -0.533. The van der Waals surface area contributed by atoms with Crippen molar-refractivity contribution in [2.45, 2.75) is 39.5 Å². The highest BCUT2D eigenvalue weighted by atomic mass is 127. The van der Waals surface area contributed by atoms with Crippen LogP contribution in [-0.4, -0.2) is 33.5 Å². The molecular formula is C25H25FIN3O2. The fourth-order valence-corrected chi connectivity index (χ4v) is 5.58. The average Bonchev–Trinajstić information content (AvgIpc) is 3.31. The summed E-state index contributed by atoms with van der Waals surface area (Å²) >= 11 is 2.42. The number of nitrogens with zero attached hydrogens (tertiary/aromatic N) is 3. The Hall–Kier alpha value is -2.26. The van der Waals surface area contributed by atoms with Gasteiger partial charge in [0.1, 0.15) is 5.82 Å². The summed E-state index contributed by atoms with van der Waals surface area (Å²) in [6, 6.07) is 10.8. The number of aromatic nitrogens is 3. The fraction of sp³-hybridized carbons (Fsp3) is 0.360. The zero-order valence-corrected chi connectivity index (χ0v) is 20.5. The Balaban J connectivity index is 1.79. The molecule has 0 amide bonds. The van der Waals surface area contributed by atoms with E-state index in [4.69, 9.17) is 4.74 Å². The number of ether oxygens (including phenoxy) is 1. The summed E-state index contributed by atoms with van der Waals surface area (Å²) in [4.78, 5) is 13.0. The molecule has 2 aromatic carbocycles. The van der Waals surface area contributed by atoms with Crippen LogP contribution in [0, 0.1) is 14.8 Å². The van der Waals surface area contributed by atoms with E-state index in [2.05, 4.69) is 44.4 Å². The predicted molar refractivity (Wildman–Crippen MR) is 132 cm³/mol. The summed E-state index contributed by atoms with van der Waals surface area (Å²) in [7, 11) is 0. The fourth-order valence-electron chi connectivity index (χ4n) is 4.47. The second kappa shape index (κ2) is 7.95. The number of carbonyl (C=O) groups excluding carboxylic acids is 1. The number of hydrogen-bond donors (Lipinski definition) is 0. The van der Waals surface area contributed by atoms with Crippen molar-refractivity contribution >= 4 is 50.3 Å². The van der Waals surface area contributed by atoms with Crippen molar-refractivity contribution in [3.05, 3.63) is 57.7 Å². The molecule has 0 radical (unpaired) electrons. The van der Waals surface area contributed by atoms with Crippen LogP contribution in [0.5, 0.6) is 0 Å². The maximum Gasteiger partial charge on any atom is 0.252 e. The molecule has 2 aromatic heterocycles. The van der Waals surface area contributed by atoms with E-state index < -0.39 is 5.41 Å². The van der Waals surface area contributed by atoms with Crippen molar-refractivity contribution in [2.24, 2.45) is 5.41 Å². The lowest BCUT2D eigenvalue weighted by Crippen LogP contribution is -2.27. The number of carbonyl (C=O) groups is 1. The van der Waals surface area contributed by atoms with E-state index in [-0.39, 0.29) is 11.7 Å². The molecule has 1 saturated heterocycles. The minimum absolute atomic E-state index is 0.0375. The molecule has 166 valence electrons. The zero-order valence-electron chi connectivity index (χ0n) is 18.4. The van der Waals surface area contributed by atoms with Crippen LogP contribution in [0.15, 0.2) is 42.6 Å². The normalized spacial score (nSPS) is 15.7. The third-order valence-electron chi connectivity index (χ3n) is 6.16. The minimum Gasteiger partial charge on any atom is -0.381 e. The van der Waals surface area contributed by atoms with Gasteiger partial charge in [-0.05, 0) is 71.8 Å². The first-order valence-electron chi connectivity index (χ1n) is 10.9. The van der Waals surface area contributed by atoms with Crippen LogP contribution in [0.1, 0.15) is 50.0 Å². The summed E-state index contributed by atoms with van der Waals surface area (Å²) in [6.45, 7) is 7.18. The molecule has 0 saturated carbocycles. The van der Waals surface area contributed by atoms with Crippen LogP contribution in [0.4, 0.5) is 4.39 Å². The molecule has 7 heteroatoms. The van der Waals surface area contributed by atoms with Crippen LogP contribution in [0.25, 0.3) is 27.5 Å². The smallest absolute Gasteiger partial charge is 0.252 e. The van der Waals surface area contributed by atoms with Crippen molar-refractivity contribution in [2.75, 3.05) is 13.2 Å². The summed E-state index contributed by atoms with van der Waals surface area (Å²) in [6.07, 6.45) is 3.65. The largest absolute Gasteiger partial charge is 0.381 e. The number of fused-ring (bicyclic) bond motifs is 2. The topological polar surface area (TPSA) is 49.1 Å². The first kappa shape index (κ1) is 21.6. The quantitative estimate of drug-likeness (QED) is 0.278. The van der Waals surface area contributed by atoms with E-state index in [1.807, 2.05) is 32.9 Å². The maximum absolute atomic E-state index is 13.7. The lowest BCUT2D eigenvalue weighted by atomic mass is 9.95. The van der Waals surface area contributed by atoms with E-state index in [9.17, 15) is 9.18 Å². The lowest BCUT2D eigenvalue weighted by Gasteiger charge is -2.24. The van der Waals surface area contributed by atoms with E-state index in [0.29, 0.717) is 5.92 Å². The van der Waals surface area contributed by atoms with Gasteiger partial charge in [0.25, 0.3) is 5.91 Å². The standard InChI is InChI=1S/C25H25FIN3O2/c1-25(2,3)24(31)30-20-13-19-21(12-16(20)14-28-30)29(18-6-4-17(26)5-7-18)23(22(19)27)15-8-10-32-11-9-15/h4-7,12-15H,8-11H2,1-3H3. The Labute approximate surface area is 199 Å². The third-order valence-corrected chi connectivity index (χ3v) is 7.29. The van der Waals surface area contributed by atoms with Gasteiger partial charge in [0.2, 0.25) is 0 Å². The molecule has 0 aliphatic carbocycles. The van der Waals surface area contributed by atoms with Crippen molar-refractivity contribution < 1.29 is 13.9 Å². The summed E-state index contributed by atoms with van der Waals surface area (Å²) in [5, 5.41) is 6.39. The number of halogens is 2. The van der Waals surface area contributed by atoms with E-state index in [1.54, 1.807) is 6.20 Å². The molecule has 0 atom stereocenters. The van der Waals surface area contributed by atoms with Crippen LogP contribution < -0.4 is 0 Å². The monoisotopic (exact) mass is 545 g/mol. The first-order valence-corrected chi connectivity index (χ1v) is 11.9. The van der Waals surface area contributed by atoms with Gasteiger partial charge in [-0.1, -0.05) is 20.8 Å². The molecule has 1 aliphatic heterocycles. The van der Waals surface area contributed by atoms with Crippen LogP contribution >= 0.6 is 22.6 Å². The second-order valence-electron chi connectivity index (χ2n) is 9.44. The lowest BCUT2D eigenvalue weighted by molar-refractivity contribution is 0.0755. The van der Waals surface area contributed by atoms with Gasteiger partial charge >= 0.3 is 0 Å². The molecule has 4 aromatic rings. The van der Waals surface area contributed by atoms with Gasteiger partial charge in [-0.2, -0.15) is 9.78 Å². The highest BCUT2D eigenvalue weighted by Gasteiger charge is 2.28. The molecule has 0 bridgehead atoms. The van der Waals surface area contributed by atoms with Gasteiger partial charge in [0.05, 0.1) is 17.2 Å². The second-order valence-corrected chi connectivity index (χ2v) is 10.5. The van der Waals surface area contributed by atoms with Crippen molar-refractivity contribution in [3.8, 4) is 5.69 Å². The third kappa shape index (κ3) is 3.55. The number of benzene rings is 2. The average molecular weight is 545 g/mol. The predicted octanol–water partition coefficient (Wildman–Crippen LogP) is 6.30. The molecule has 1 fully saturated rings. The number of rotatable bonds is 2. The van der Waals surface area contributed by atoms with Crippen molar-refractivity contribution in [1.82, 2.24) is 14.3 Å². The zero-order chi connectivity index (χ0) is 22.6. The van der Waals surface area contributed by atoms with Gasteiger partial charge in [-0.15, -0.1) is 0 Å². The Morgan fingerprint density at radius 3 is 2.47 bits per heavy atom. The van der Waals surface area contributed by atoms with E-state index >= 15 is 0 Å². The molecule has 1 aliphatic rings. The van der Waals surface area contributed by atoms with Gasteiger partial charge in [0.15, 0.2) is 0 Å². The summed E-state index contributed by atoms with van der Waals surface area (Å²) in [5.74, 6) is 0.0604. The summed E-state index contributed by atoms with van der Waals surface area (Å²) < 4.78 is 24.2. The molecule has 5 nitrogen and oxygen atoms in total. The van der Waals surface area contributed by atoms with E-state index in [1.165, 1.54) is 22.5 Å². The Morgan fingerprint density at radius 2 is 1.81 bits per heavy atom. The molecule has 5 rings (SSSR count). The highest BCUT2D eigenvalue weighted by molar-refractivity contribution is 14.1. The number of hydrogen-bond acceptors (Lipinski definition) is 3. The van der Waals surface area contributed by atoms with Crippen molar-refractivity contribution in [1.29, 1.82) is 0 Å². The SMILES string of the molecule is CC(C)(C)C(=O)n1ncc2cc3c(cc21)c(I)c(C1CCOCC1)n3-c1ccc(F)cc1. The Kier molecular flexibility index (Phi) is 5.36. The van der Waals surface area contributed by atoms with Crippen LogP contribution in [0.2, 0.25) is 0 Å². The molecule has 32 heavy (non-hydrogen) atoms. The van der Waals surface area contributed by atoms with Gasteiger partial charge in [0, 0.05) is 50.3 Å². The molecule has 0 unspecified atom stereocenters. The Bertz CT molecular complexity index is 1330. The van der Waals surface area contributed by atoms with Gasteiger partial charge < -0.3 is 9.30 Å². The molecule has 0 spiro atoms. The molecular weight excluding hydrogens is 520 g/mol. The first-order chi connectivity index (χ1) is 15.3. The van der Waals surface area contributed by atoms with Gasteiger partial charge in [-0.25, -0.2) is 4.39 Å². The van der Waals surface area contributed by atoms with Gasteiger partial charge in [-0.3, -0.25) is 4.79 Å². The molecule has 0 N–H and O–H groups in total. The summed E-state index contributed by atoms with van der Waals surface area (Å²) in [5.41, 5.74) is 3.47. The van der Waals surface area contributed by atoms with E-state index in [0.717, 1.165) is 57.1 Å². The maximum atomic E-state index is 13.7. The van der Waals surface area contributed by atoms with Crippen molar-refractivity contribution in [3.63, 3.8) is 0 Å². The molecule has 3 heterocycles. The highest BCUT2D eigenvalue weighted by Crippen LogP contribution is 2.40.